The molecule has 3 rings (SSSR count). The van der Waals surface area contributed by atoms with Gasteiger partial charge in [-0.15, -0.1) is 0 Å². The summed E-state index contributed by atoms with van der Waals surface area (Å²) in [6.07, 6.45) is 3.02. The standard InChI is InChI=1S/C29H35N4O7P/c1-20(2)13-24(17-41(38,39)19-32-29(37)40-16-22-7-5-4-6-8-22)27(34)33(21(3)28(35)36)26-11-9-23(10-12-26)25-14-30-18-31-15-25/h4-12,14-15,18,20-21,24H,13,16-17,19H2,1-3H3,(H,32,37)(H,35,36)(H,38,39)/t21-,24?/m0/s1. The molecular weight excluding hydrogens is 547 g/mol. The molecular formula is C29H35N4O7P. The van der Waals surface area contributed by atoms with E-state index in [1.165, 1.54) is 13.3 Å². The first-order valence-electron chi connectivity index (χ1n) is 13.1. The van der Waals surface area contributed by atoms with Gasteiger partial charge in [0.25, 0.3) is 0 Å². The van der Waals surface area contributed by atoms with Crippen LogP contribution in [0.15, 0.2) is 73.3 Å². The van der Waals surface area contributed by atoms with Crippen molar-refractivity contribution in [3.05, 3.63) is 78.9 Å². The highest BCUT2D eigenvalue weighted by Crippen LogP contribution is 2.43. The maximum Gasteiger partial charge on any atom is 0.407 e. The first-order valence-corrected chi connectivity index (χ1v) is 15.2. The monoisotopic (exact) mass is 582 g/mol. The van der Waals surface area contributed by atoms with E-state index in [9.17, 15) is 28.9 Å². The Hall–Kier alpha value is -4.08. The third-order valence-electron chi connectivity index (χ3n) is 6.32. The number of nitrogens with one attached hydrogen (secondary N) is 1. The zero-order valence-corrected chi connectivity index (χ0v) is 24.1. The van der Waals surface area contributed by atoms with Crippen molar-refractivity contribution in [3.63, 3.8) is 0 Å². The van der Waals surface area contributed by atoms with E-state index in [-0.39, 0.29) is 18.9 Å². The van der Waals surface area contributed by atoms with E-state index >= 15 is 0 Å². The van der Waals surface area contributed by atoms with E-state index in [2.05, 4.69) is 15.3 Å². The number of ether oxygens (including phenoxy) is 1. The fraction of sp³-hybridized carbons (Fsp3) is 0.345. The number of amides is 2. The topological polar surface area (TPSA) is 159 Å². The van der Waals surface area contributed by atoms with Gasteiger partial charge in [-0.3, -0.25) is 14.3 Å². The van der Waals surface area contributed by atoms with Crippen molar-refractivity contribution in [2.75, 3.05) is 17.3 Å². The number of nitrogens with zero attached hydrogens (tertiary/aromatic N) is 3. The van der Waals surface area contributed by atoms with Crippen LogP contribution in [-0.4, -0.2) is 56.4 Å². The first kappa shape index (κ1) is 31.4. The number of aliphatic carboxylic acids is 1. The highest BCUT2D eigenvalue weighted by Gasteiger charge is 2.36. The number of carboxylic acid groups (broad SMARTS) is 1. The summed E-state index contributed by atoms with van der Waals surface area (Å²) in [7, 11) is -4.06. The average Bonchev–Trinajstić information content (AvgIpc) is 2.95. The van der Waals surface area contributed by atoms with Gasteiger partial charge in [-0.25, -0.2) is 19.6 Å². The Labute approximate surface area is 239 Å². The van der Waals surface area contributed by atoms with Crippen molar-refractivity contribution in [2.45, 2.75) is 39.8 Å². The van der Waals surface area contributed by atoms with Gasteiger partial charge in [0.05, 0.1) is 6.29 Å². The maximum absolute atomic E-state index is 13.9. The van der Waals surface area contributed by atoms with Crippen molar-refractivity contribution in [1.82, 2.24) is 15.3 Å². The molecule has 12 heteroatoms. The second kappa shape index (κ2) is 14.5. The number of rotatable bonds is 13. The largest absolute Gasteiger partial charge is 0.480 e. The molecule has 3 aromatic rings. The van der Waals surface area contributed by atoms with E-state index in [4.69, 9.17) is 4.74 Å². The molecule has 11 nitrogen and oxygen atoms in total. The average molecular weight is 583 g/mol. The molecule has 0 aliphatic carbocycles. The SMILES string of the molecule is CC(C)CC(CP(=O)(O)CNC(=O)OCc1ccccc1)C(=O)N(c1ccc(-c2cncnc2)cc1)[C@@H](C)C(=O)O. The Morgan fingerprint density at radius 3 is 2.20 bits per heavy atom. The summed E-state index contributed by atoms with van der Waals surface area (Å²) >= 11 is 0. The van der Waals surface area contributed by atoms with Crippen LogP contribution in [0.3, 0.4) is 0 Å². The summed E-state index contributed by atoms with van der Waals surface area (Å²) in [6.45, 7) is 5.11. The Morgan fingerprint density at radius 2 is 1.61 bits per heavy atom. The number of carbonyl (C=O) groups is 3. The minimum atomic E-state index is -4.06. The highest BCUT2D eigenvalue weighted by molar-refractivity contribution is 7.58. The molecule has 218 valence electrons. The molecule has 0 aliphatic rings. The van der Waals surface area contributed by atoms with Crippen molar-refractivity contribution in [3.8, 4) is 11.1 Å². The van der Waals surface area contributed by atoms with Gasteiger partial charge in [-0.05, 0) is 42.5 Å². The summed E-state index contributed by atoms with van der Waals surface area (Å²) in [5, 5.41) is 12.1. The van der Waals surface area contributed by atoms with Crippen molar-refractivity contribution < 1.29 is 33.7 Å². The fourth-order valence-electron chi connectivity index (χ4n) is 4.31. The lowest BCUT2D eigenvalue weighted by molar-refractivity contribution is -0.140. The van der Waals surface area contributed by atoms with E-state index in [1.807, 2.05) is 19.9 Å². The molecule has 3 N–H and O–H groups in total. The highest BCUT2D eigenvalue weighted by atomic mass is 31.2. The van der Waals surface area contributed by atoms with E-state index in [0.717, 1.165) is 21.6 Å². The van der Waals surface area contributed by atoms with Crippen LogP contribution >= 0.6 is 7.37 Å². The Balaban J connectivity index is 1.76. The van der Waals surface area contributed by atoms with Gasteiger partial charge >= 0.3 is 12.1 Å². The lowest BCUT2D eigenvalue weighted by Gasteiger charge is -2.32. The smallest absolute Gasteiger partial charge is 0.407 e. The molecule has 0 saturated heterocycles. The number of carbonyl (C=O) groups excluding carboxylic acids is 2. The molecule has 0 radical (unpaired) electrons. The van der Waals surface area contributed by atoms with Gasteiger partial charge in [-0.2, -0.15) is 0 Å². The molecule has 2 aromatic carbocycles. The predicted molar refractivity (Wildman–Crippen MR) is 154 cm³/mol. The van der Waals surface area contributed by atoms with Crippen LogP contribution in [0.25, 0.3) is 11.1 Å². The zero-order valence-electron chi connectivity index (χ0n) is 23.2. The number of anilines is 1. The van der Waals surface area contributed by atoms with E-state index in [1.54, 1.807) is 60.9 Å². The van der Waals surface area contributed by atoms with Crippen molar-refractivity contribution in [2.24, 2.45) is 11.8 Å². The lowest BCUT2D eigenvalue weighted by Crippen LogP contribution is -2.47. The quantitative estimate of drug-likeness (QED) is 0.241. The summed E-state index contributed by atoms with van der Waals surface area (Å²) in [6, 6.07) is 14.4. The summed E-state index contributed by atoms with van der Waals surface area (Å²) < 4.78 is 18.2. The Morgan fingerprint density at radius 1 is 0.976 bits per heavy atom. The molecule has 1 heterocycles. The van der Waals surface area contributed by atoms with Crippen LogP contribution in [0.2, 0.25) is 0 Å². The molecule has 0 fully saturated rings. The van der Waals surface area contributed by atoms with Gasteiger partial charge < -0.3 is 20.1 Å². The minimum absolute atomic E-state index is 0.00497. The molecule has 2 unspecified atom stereocenters. The number of aromatic nitrogens is 2. The van der Waals surface area contributed by atoms with Gasteiger partial charge in [-0.1, -0.05) is 56.3 Å². The molecule has 0 bridgehead atoms. The second-order valence-corrected chi connectivity index (χ2v) is 12.5. The van der Waals surface area contributed by atoms with Crippen LogP contribution in [0, 0.1) is 11.8 Å². The molecule has 2 amide bonds. The van der Waals surface area contributed by atoms with Gasteiger partial charge in [0.2, 0.25) is 13.3 Å². The van der Waals surface area contributed by atoms with E-state index in [0.29, 0.717) is 5.69 Å². The van der Waals surface area contributed by atoms with Crippen LogP contribution in [0.1, 0.15) is 32.8 Å². The number of alkyl carbamates (subject to hydrolysis) is 1. The molecule has 41 heavy (non-hydrogen) atoms. The Kier molecular flexibility index (Phi) is 11.1. The number of hydrogen-bond acceptors (Lipinski definition) is 7. The molecule has 0 aliphatic heterocycles. The summed E-state index contributed by atoms with van der Waals surface area (Å²) in [5.74, 6) is -2.82. The van der Waals surface area contributed by atoms with Crippen LogP contribution in [0.4, 0.5) is 10.5 Å². The zero-order chi connectivity index (χ0) is 30.0. The molecule has 1 aromatic heterocycles. The number of benzene rings is 2. The van der Waals surface area contributed by atoms with Gasteiger partial charge in [0.1, 0.15) is 19.0 Å². The predicted octanol–water partition coefficient (Wildman–Crippen LogP) is 4.77. The van der Waals surface area contributed by atoms with Gasteiger partial charge in [0, 0.05) is 35.7 Å². The number of hydrogen-bond donors (Lipinski definition) is 3. The van der Waals surface area contributed by atoms with Gasteiger partial charge in [0.15, 0.2) is 0 Å². The maximum atomic E-state index is 13.9. The first-order chi connectivity index (χ1) is 19.5. The van der Waals surface area contributed by atoms with Crippen LogP contribution in [-0.2, 0) is 25.5 Å². The normalized spacial score (nSPS) is 14.0. The number of carboxylic acids is 1. The lowest BCUT2D eigenvalue weighted by atomic mass is 9.96. The Bertz CT molecular complexity index is 1350. The molecule has 0 spiro atoms. The molecule has 0 saturated carbocycles. The third kappa shape index (κ3) is 9.51. The third-order valence-corrected chi connectivity index (χ3v) is 7.98. The summed E-state index contributed by atoms with van der Waals surface area (Å²) in [4.78, 5) is 57.9. The summed E-state index contributed by atoms with van der Waals surface area (Å²) in [5.41, 5.74) is 2.61. The van der Waals surface area contributed by atoms with Crippen molar-refractivity contribution >= 4 is 31.0 Å². The molecule has 3 atom stereocenters. The van der Waals surface area contributed by atoms with Crippen molar-refractivity contribution in [1.29, 1.82) is 0 Å². The van der Waals surface area contributed by atoms with Crippen LogP contribution in [0.5, 0.6) is 0 Å². The van der Waals surface area contributed by atoms with Crippen LogP contribution < -0.4 is 10.2 Å². The fourth-order valence-corrected chi connectivity index (χ4v) is 5.80. The van der Waals surface area contributed by atoms with E-state index < -0.39 is 49.7 Å². The minimum Gasteiger partial charge on any atom is -0.480 e. The second-order valence-electron chi connectivity index (χ2n) is 10.1.